The lowest BCUT2D eigenvalue weighted by Gasteiger charge is -2.28. The SMILES string of the molecule is O=C1C[C@@H](O)C[C@@H](CCc2c(N3CCCC3)nc3ccccc3c2-c2ccc(F)cc2)O1. The zero-order valence-electron chi connectivity index (χ0n) is 18.0. The van der Waals surface area contributed by atoms with Crippen molar-refractivity contribution in [3.63, 3.8) is 0 Å². The highest BCUT2D eigenvalue weighted by molar-refractivity contribution is 5.98. The van der Waals surface area contributed by atoms with Gasteiger partial charge in [0, 0.05) is 30.5 Å². The Morgan fingerprint density at radius 3 is 2.59 bits per heavy atom. The van der Waals surface area contributed by atoms with Crippen molar-refractivity contribution in [2.45, 2.75) is 50.7 Å². The van der Waals surface area contributed by atoms with Gasteiger partial charge in [0.15, 0.2) is 0 Å². The molecule has 166 valence electrons. The summed E-state index contributed by atoms with van der Waals surface area (Å²) in [5.74, 6) is 0.351. The standard InChI is InChI=1S/C26H27FN2O3/c27-18-9-7-17(8-10-18)25-21-5-1-2-6-23(21)28-26(29-13-3-4-14-29)22(25)12-11-20-15-19(30)16-24(31)32-20/h1-2,5-10,19-20,30H,3-4,11-16H2/t19-,20+/m0/s1. The second kappa shape index (κ2) is 8.87. The number of aliphatic hydroxyl groups is 1. The number of benzene rings is 2. The Bertz CT molecular complexity index is 1130. The molecule has 1 aromatic heterocycles. The summed E-state index contributed by atoms with van der Waals surface area (Å²) in [6.45, 7) is 1.91. The molecule has 1 N–H and O–H groups in total. The van der Waals surface area contributed by atoms with Crippen molar-refractivity contribution in [3.05, 3.63) is 59.9 Å². The molecule has 5 nitrogen and oxygen atoms in total. The molecule has 0 amide bonds. The third-order valence-corrected chi connectivity index (χ3v) is 6.46. The van der Waals surface area contributed by atoms with E-state index in [1.165, 1.54) is 12.1 Å². The van der Waals surface area contributed by atoms with Crippen LogP contribution in [0.4, 0.5) is 10.2 Å². The first-order valence-corrected chi connectivity index (χ1v) is 11.4. The van der Waals surface area contributed by atoms with Crippen molar-refractivity contribution in [2.24, 2.45) is 0 Å². The predicted octanol–water partition coefficient (Wildman–Crippen LogP) is 4.64. The van der Waals surface area contributed by atoms with Crippen LogP contribution in [0.25, 0.3) is 22.0 Å². The summed E-state index contributed by atoms with van der Waals surface area (Å²) in [5, 5.41) is 11.0. The highest BCUT2D eigenvalue weighted by Gasteiger charge is 2.29. The van der Waals surface area contributed by atoms with Gasteiger partial charge >= 0.3 is 5.97 Å². The predicted molar refractivity (Wildman–Crippen MR) is 122 cm³/mol. The number of hydrogen-bond donors (Lipinski definition) is 1. The molecule has 5 rings (SSSR count). The minimum absolute atomic E-state index is 0.0634. The molecule has 2 fully saturated rings. The Kier molecular flexibility index (Phi) is 5.79. The van der Waals surface area contributed by atoms with E-state index in [1.54, 1.807) is 0 Å². The number of aromatic nitrogens is 1. The molecule has 0 radical (unpaired) electrons. The van der Waals surface area contributed by atoms with Crippen LogP contribution >= 0.6 is 0 Å². The molecule has 6 heteroatoms. The third kappa shape index (κ3) is 4.19. The number of nitrogens with zero attached hydrogens (tertiary/aromatic N) is 2. The smallest absolute Gasteiger partial charge is 0.308 e. The Morgan fingerprint density at radius 1 is 1.09 bits per heavy atom. The van der Waals surface area contributed by atoms with E-state index in [0.717, 1.165) is 59.3 Å². The molecule has 2 aromatic carbocycles. The fourth-order valence-corrected chi connectivity index (χ4v) is 4.96. The number of hydrogen-bond acceptors (Lipinski definition) is 5. The van der Waals surface area contributed by atoms with Crippen LogP contribution in [0.5, 0.6) is 0 Å². The van der Waals surface area contributed by atoms with Crippen LogP contribution in [0.3, 0.4) is 0 Å². The summed E-state index contributed by atoms with van der Waals surface area (Å²) in [6.07, 6.45) is 3.08. The van der Waals surface area contributed by atoms with Gasteiger partial charge in [-0.15, -0.1) is 0 Å². The number of ether oxygens (including phenoxy) is 1. The maximum Gasteiger partial charge on any atom is 0.308 e. The summed E-state index contributed by atoms with van der Waals surface area (Å²) in [6, 6.07) is 14.7. The Morgan fingerprint density at radius 2 is 1.84 bits per heavy atom. The molecule has 0 spiro atoms. The third-order valence-electron chi connectivity index (χ3n) is 6.46. The minimum atomic E-state index is -0.648. The first-order chi connectivity index (χ1) is 15.6. The van der Waals surface area contributed by atoms with Gasteiger partial charge in [0.05, 0.1) is 18.0 Å². The molecular formula is C26H27FN2O3. The molecule has 0 aliphatic carbocycles. The Hall–Kier alpha value is -2.99. The number of carbonyl (C=O) groups is 1. The summed E-state index contributed by atoms with van der Waals surface area (Å²) < 4.78 is 19.2. The molecule has 2 atom stereocenters. The van der Waals surface area contributed by atoms with E-state index in [0.29, 0.717) is 19.3 Å². The van der Waals surface area contributed by atoms with Crippen molar-refractivity contribution in [2.75, 3.05) is 18.0 Å². The average molecular weight is 435 g/mol. The van der Waals surface area contributed by atoms with E-state index in [1.807, 2.05) is 30.3 Å². The lowest BCUT2D eigenvalue weighted by molar-refractivity contribution is -0.160. The number of aliphatic hydroxyl groups excluding tert-OH is 1. The first-order valence-electron chi connectivity index (χ1n) is 11.4. The molecule has 32 heavy (non-hydrogen) atoms. The molecule has 2 aliphatic rings. The zero-order valence-corrected chi connectivity index (χ0v) is 18.0. The minimum Gasteiger partial charge on any atom is -0.462 e. The number of fused-ring (bicyclic) bond motifs is 1. The van der Waals surface area contributed by atoms with E-state index < -0.39 is 6.10 Å². The highest BCUT2D eigenvalue weighted by atomic mass is 19.1. The van der Waals surface area contributed by atoms with Gasteiger partial charge in [-0.2, -0.15) is 0 Å². The van der Waals surface area contributed by atoms with E-state index in [9.17, 15) is 14.3 Å². The Balaban J connectivity index is 1.62. The number of cyclic esters (lactones) is 1. The highest BCUT2D eigenvalue weighted by Crippen LogP contribution is 2.39. The van der Waals surface area contributed by atoms with E-state index in [-0.39, 0.29) is 24.3 Å². The average Bonchev–Trinajstić information content (AvgIpc) is 3.32. The number of anilines is 1. The van der Waals surface area contributed by atoms with Crippen molar-refractivity contribution < 1.29 is 19.0 Å². The van der Waals surface area contributed by atoms with E-state index in [2.05, 4.69) is 11.0 Å². The molecule has 0 unspecified atom stereocenters. The molecule has 2 saturated heterocycles. The van der Waals surface area contributed by atoms with Crippen molar-refractivity contribution in [1.82, 2.24) is 4.98 Å². The van der Waals surface area contributed by atoms with Crippen LogP contribution in [0.1, 0.15) is 37.7 Å². The monoisotopic (exact) mass is 434 g/mol. The van der Waals surface area contributed by atoms with Crippen LogP contribution < -0.4 is 4.90 Å². The number of halogens is 1. The number of rotatable bonds is 5. The topological polar surface area (TPSA) is 62.7 Å². The van der Waals surface area contributed by atoms with Crippen molar-refractivity contribution >= 4 is 22.7 Å². The fraction of sp³-hybridized carbons (Fsp3) is 0.385. The second-order valence-corrected chi connectivity index (χ2v) is 8.75. The van der Waals surface area contributed by atoms with Crippen molar-refractivity contribution in [1.29, 1.82) is 0 Å². The number of pyridine rings is 1. The number of para-hydroxylation sites is 1. The van der Waals surface area contributed by atoms with Gasteiger partial charge in [-0.05, 0) is 55.0 Å². The molecule has 2 aliphatic heterocycles. The van der Waals surface area contributed by atoms with Gasteiger partial charge < -0.3 is 14.7 Å². The zero-order chi connectivity index (χ0) is 22.1. The maximum absolute atomic E-state index is 13.7. The summed E-state index contributed by atoms with van der Waals surface area (Å²) in [4.78, 5) is 19.2. The molecule has 3 heterocycles. The van der Waals surface area contributed by atoms with Gasteiger partial charge in [0.1, 0.15) is 17.7 Å². The molecule has 0 bridgehead atoms. The van der Waals surface area contributed by atoms with Crippen LogP contribution in [-0.2, 0) is 16.0 Å². The first kappa shape index (κ1) is 20.9. The van der Waals surface area contributed by atoms with Gasteiger partial charge in [-0.3, -0.25) is 4.79 Å². The van der Waals surface area contributed by atoms with Crippen molar-refractivity contribution in [3.8, 4) is 11.1 Å². The lowest BCUT2D eigenvalue weighted by atomic mass is 9.91. The summed E-state index contributed by atoms with van der Waals surface area (Å²) in [5.41, 5.74) is 4.01. The van der Waals surface area contributed by atoms with Gasteiger partial charge in [-0.25, -0.2) is 9.37 Å². The van der Waals surface area contributed by atoms with Crippen LogP contribution in [-0.4, -0.2) is 41.4 Å². The fourth-order valence-electron chi connectivity index (χ4n) is 4.96. The van der Waals surface area contributed by atoms with E-state index >= 15 is 0 Å². The van der Waals surface area contributed by atoms with Crippen LogP contribution in [0.15, 0.2) is 48.5 Å². The summed E-state index contributed by atoms with van der Waals surface area (Å²) >= 11 is 0. The molecule has 3 aromatic rings. The maximum atomic E-state index is 13.7. The van der Waals surface area contributed by atoms with Crippen LogP contribution in [0, 0.1) is 5.82 Å². The van der Waals surface area contributed by atoms with Gasteiger partial charge in [0.25, 0.3) is 0 Å². The normalized spacial score (nSPS) is 21.2. The quantitative estimate of drug-likeness (QED) is 0.593. The largest absolute Gasteiger partial charge is 0.462 e. The second-order valence-electron chi connectivity index (χ2n) is 8.75. The molecular weight excluding hydrogens is 407 g/mol. The van der Waals surface area contributed by atoms with Crippen LogP contribution in [0.2, 0.25) is 0 Å². The van der Waals surface area contributed by atoms with Gasteiger partial charge in [0.2, 0.25) is 0 Å². The summed E-state index contributed by atoms with van der Waals surface area (Å²) in [7, 11) is 0. The lowest BCUT2D eigenvalue weighted by Crippen LogP contribution is -2.33. The number of carbonyl (C=O) groups excluding carboxylic acids is 1. The molecule has 0 saturated carbocycles. The van der Waals surface area contributed by atoms with Gasteiger partial charge in [-0.1, -0.05) is 30.3 Å². The van der Waals surface area contributed by atoms with E-state index in [4.69, 9.17) is 9.72 Å². The Labute approximate surface area is 186 Å². The number of esters is 1.